The summed E-state index contributed by atoms with van der Waals surface area (Å²) in [6.45, 7) is -0.276. The number of rotatable bonds is 3. The Kier molecular flexibility index (Phi) is 3.31. The van der Waals surface area contributed by atoms with Crippen LogP contribution in [0.1, 0.15) is 11.9 Å². The van der Waals surface area contributed by atoms with Crippen molar-refractivity contribution in [3.05, 3.63) is 34.6 Å². The zero-order valence-electron chi connectivity index (χ0n) is 9.97. The number of hydrogen-bond acceptors (Lipinski definition) is 6. The summed E-state index contributed by atoms with van der Waals surface area (Å²) in [5.41, 5.74) is 0.386. The highest BCUT2D eigenvalue weighted by Gasteiger charge is 2.27. The van der Waals surface area contributed by atoms with E-state index in [4.69, 9.17) is 14.9 Å². The van der Waals surface area contributed by atoms with E-state index >= 15 is 0 Å². The molecule has 8 heteroatoms. The monoisotopic (exact) mass is 283 g/mol. The van der Waals surface area contributed by atoms with Crippen molar-refractivity contribution in [2.24, 2.45) is 0 Å². The Bertz CT molecular complexity index is 653. The molecule has 0 unspecified atom stereocenters. The molecule has 0 saturated carbocycles. The molecular formula is C11H13N3O4S. The van der Waals surface area contributed by atoms with Crippen LogP contribution in [0.2, 0.25) is 0 Å². The molecular weight excluding hydrogens is 270 g/mol. The van der Waals surface area contributed by atoms with Gasteiger partial charge in [0.15, 0.2) is 0 Å². The van der Waals surface area contributed by atoms with Crippen LogP contribution in [0.4, 0.5) is 0 Å². The van der Waals surface area contributed by atoms with Crippen molar-refractivity contribution >= 4 is 17.4 Å². The molecule has 2 aromatic rings. The van der Waals surface area contributed by atoms with Gasteiger partial charge in [0.05, 0.1) is 18.9 Å². The Labute approximate surface area is 112 Å². The zero-order chi connectivity index (χ0) is 13.4. The highest BCUT2D eigenvalue weighted by Crippen LogP contribution is 2.30. The molecule has 1 aliphatic heterocycles. The average molecular weight is 283 g/mol. The van der Waals surface area contributed by atoms with Crippen LogP contribution in [-0.2, 0) is 11.3 Å². The fourth-order valence-corrected chi connectivity index (χ4v) is 2.96. The van der Waals surface area contributed by atoms with E-state index in [0.717, 1.165) is 0 Å². The Morgan fingerprint density at radius 3 is 3.05 bits per heavy atom. The molecule has 3 heterocycles. The number of ether oxygens (including phenoxy) is 1. The minimum atomic E-state index is -0.390. The van der Waals surface area contributed by atoms with E-state index in [-0.39, 0.29) is 30.6 Å². The molecule has 0 spiro atoms. The number of fused-ring (bicyclic) bond motifs is 1. The van der Waals surface area contributed by atoms with Crippen LogP contribution in [0.3, 0.4) is 0 Å². The molecule has 19 heavy (non-hydrogen) atoms. The Hall–Kier alpha value is -1.35. The number of nitrogens with zero attached hydrogens (tertiary/aromatic N) is 3. The minimum absolute atomic E-state index is 0.0715. The Morgan fingerprint density at radius 1 is 1.53 bits per heavy atom. The maximum atomic E-state index is 12.3. The van der Waals surface area contributed by atoms with E-state index in [9.17, 15) is 4.79 Å². The van der Waals surface area contributed by atoms with E-state index in [2.05, 4.69) is 4.98 Å². The van der Waals surface area contributed by atoms with Crippen molar-refractivity contribution < 1.29 is 14.9 Å². The highest BCUT2D eigenvalue weighted by atomic mass is 32.2. The Morgan fingerprint density at radius 2 is 2.37 bits per heavy atom. The first-order valence-electron chi connectivity index (χ1n) is 5.81. The summed E-state index contributed by atoms with van der Waals surface area (Å²) in [6.07, 6.45) is 2.75. The largest absolute Gasteiger partial charge is 0.393 e. The fraction of sp³-hybridized carbons (Fsp3) is 0.455. The lowest BCUT2D eigenvalue weighted by atomic mass is 10.5. The van der Waals surface area contributed by atoms with Crippen molar-refractivity contribution in [2.75, 3.05) is 12.4 Å². The first kappa shape index (κ1) is 12.7. The zero-order valence-corrected chi connectivity index (χ0v) is 10.8. The van der Waals surface area contributed by atoms with Crippen LogP contribution in [0.5, 0.6) is 0 Å². The normalized spacial score (nSPS) is 23.3. The highest BCUT2D eigenvalue weighted by molar-refractivity contribution is 8.00. The van der Waals surface area contributed by atoms with Gasteiger partial charge in [-0.1, -0.05) is 0 Å². The molecule has 0 aromatic carbocycles. The molecule has 1 aliphatic rings. The SMILES string of the molecule is O=c1n([C@H]2CS[C@@H](CO)O2)ccc2nc(CO)cn12. The smallest absolute Gasteiger partial charge is 0.336 e. The molecule has 1 fully saturated rings. The average Bonchev–Trinajstić information content (AvgIpc) is 3.05. The number of thioether (sulfide) groups is 1. The number of aromatic nitrogens is 3. The Balaban J connectivity index is 2.01. The summed E-state index contributed by atoms with van der Waals surface area (Å²) >= 11 is 1.47. The van der Waals surface area contributed by atoms with Crippen LogP contribution in [0.25, 0.3) is 5.65 Å². The van der Waals surface area contributed by atoms with Crippen LogP contribution in [0, 0.1) is 0 Å². The van der Waals surface area contributed by atoms with E-state index < -0.39 is 0 Å². The van der Waals surface area contributed by atoms with Crippen molar-refractivity contribution in [3.63, 3.8) is 0 Å². The van der Waals surface area contributed by atoms with Gasteiger partial charge in [0, 0.05) is 18.1 Å². The van der Waals surface area contributed by atoms with Crippen molar-refractivity contribution in [2.45, 2.75) is 18.3 Å². The topological polar surface area (TPSA) is 89.0 Å². The molecule has 3 rings (SSSR count). The van der Waals surface area contributed by atoms with Gasteiger partial charge in [0.2, 0.25) is 0 Å². The third-order valence-corrected chi connectivity index (χ3v) is 4.06. The predicted octanol–water partition coefficient (Wildman–Crippen LogP) is -0.431. The van der Waals surface area contributed by atoms with Gasteiger partial charge < -0.3 is 14.9 Å². The molecule has 7 nitrogen and oxygen atoms in total. The van der Waals surface area contributed by atoms with E-state index in [1.807, 2.05) is 0 Å². The lowest BCUT2D eigenvalue weighted by molar-refractivity contribution is -0.00647. The van der Waals surface area contributed by atoms with Gasteiger partial charge in [0.1, 0.15) is 17.3 Å². The standard InChI is InChI=1S/C11H13N3O4S/c15-4-7-3-14-8(12-7)1-2-13(11(14)17)9-6-19-10(5-16)18-9/h1-3,9-10,15-16H,4-6H2/t9-,10+/m1/s1. The summed E-state index contributed by atoms with van der Waals surface area (Å²) in [5, 5.41) is 18.1. The summed E-state index contributed by atoms with van der Waals surface area (Å²) in [5.74, 6) is 0.609. The van der Waals surface area contributed by atoms with Crippen molar-refractivity contribution in [1.82, 2.24) is 14.0 Å². The van der Waals surface area contributed by atoms with Crippen LogP contribution >= 0.6 is 11.8 Å². The van der Waals surface area contributed by atoms with Crippen molar-refractivity contribution in [1.29, 1.82) is 0 Å². The summed E-state index contributed by atoms with van der Waals surface area (Å²) < 4.78 is 8.40. The second kappa shape index (κ2) is 4.97. The van der Waals surface area contributed by atoms with E-state index in [0.29, 0.717) is 17.1 Å². The van der Waals surface area contributed by atoms with E-state index in [1.165, 1.54) is 26.9 Å². The van der Waals surface area contributed by atoms with E-state index in [1.54, 1.807) is 12.3 Å². The van der Waals surface area contributed by atoms with Gasteiger partial charge in [0.25, 0.3) is 0 Å². The third-order valence-electron chi connectivity index (χ3n) is 2.95. The molecule has 0 radical (unpaired) electrons. The van der Waals surface area contributed by atoms with Gasteiger partial charge in [-0.2, -0.15) is 0 Å². The fourth-order valence-electron chi connectivity index (χ4n) is 2.03. The minimum Gasteiger partial charge on any atom is -0.393 e. The molecule has 2 atom stereocenters. The molecule has 0 bridgehead atoms. The first-order chi connectivity index (χ1) is 9.22. The van der Waals surface area contributed by atoms with Crippen LogP contribution in [0.15, 0.2) is 23.3 Å². The second-order valence-corrected chi connectivity index (χ2v) is 5.35. The van der Waals surface area contributed by atoms with Gasteiger partial charge in [-0.3, -0.25) is 8.97 Å². The summed E-state index contributed by atoms with van der Waals surface area (Å²) in [4.78, 5) is 16.4. The maximum absolute atomic E-state index is 12.3. The third kappa shape index (κ3) is 2.16. The maximum Gasteiger partial charge on any atom is 0.336 e. The van der Waals surface area contributed by atoms with Gasteiger partial charge in [-0.25, -0.2) is 9.78 Å². The van der Waals surface area contributed by atoms with Gasteiger partial charge >= 0.3 is 5.69 Å². The molecule has 0 aliphatic carbocycles. The van der Waals surface area contributed by atoms with Gasteiger partial charge in [-0.15, -0.1) is 11.8 Å². The van der Waals surface area contributed by atoms with Crippen LogP contribution in [-0.4, -0.2) is 42.0 Å². The first-order valence-corrected chi connectivity index (χ1v) is 6.85. The molecule has 2 aromatic heterocycles. The van der Waals surface area contributed by atoms with Gasteiger partial charge in [-0.05, 0) is 6.07 Å². The number of imidazole rings is 1. The number of aliphatic hydroxyl groups excluding tert-OH is 2. The predicted molar refractivity (Wildman–Crippen MR) is 68.8 cm³/mol. The summed E-state index contributed by atoms with van der Waals surface area (Å²) in [6, 6.07) is 1.70. The number of aliphatic hydroxyl groups is 2. The van der Waals surface area contributed by atoms with Crippen molar-refractivity contribution in [3.8, 4) is 0 Å². The molecule has 2 N–H and O–H groups in total. The molecule has 102 valence electrons. The van der Waals surface area contributed by atoms with Crippen LogP contribution < -0.4 is 5.69 Å². The quantitative estimate of drug-likeness (QED) is 0.794. The lowest BCUT2D eigenvalue weighted by Gasteiger charge is -2.13. The second-order valence-electron chi connectivity index (χ2n) is 4.16. The molecule has 0 amide bonds. The number of hydrogen-bond donors (Lipinski definition) is 2. The summed E-state index contributed by atoms with van der Waals surface area (Å²) in [7, 11) is 0. The molecule has 1 saturated heterocycles. The lowest BCUT2D eigenvalue weighted by Crippen LogP contribution is -2.30.